The zero-order chi connectivity index (χ0) is 15.9. The molecule has 0 aromatic heterocycles. The van der Waals surface area contributed by atoms with Crippen molar-refractivity contribution in [3.8, 4) is 0 Å². The first-order chi connectivity index (χ1) is 9.59. The Morgan fingerprint density at radius 3 is 2.19 bits per heavy atom. The topological polar surface area (TPSA) is 18.5 Å². The lowest BCUT2D eigenvalue weighted by Gasteiger charge is -2.46. The van der Waals surface area contributed by atoms with E-state index in [4.69, 9.17) is 9.47 Å². The highest BCUT2D eigenvalue weighted by molar-refractivity contribution is 5.48. The Bertz CT molecular complexity index is 488. The first kappa shape index (κ1) is 16.5. The Labute approximate surface area is 129 Å². The molecule has 2 heteroatoms. The number of allylic oxidation sites excluding steroid dienone is 5. The lowest BCUT2D eigenvalue weighted by atomic mass is 9.67. The van der Waals surface area contributed by atoms with Gasteiger partial charge in [-0.25, -0.2) is 0 Å². The van der Waals surface area contributed by atoms with Crippen LogP contribution in [0.25, 0.3) is 0 Å². The molecule has 21 heavy (non-hydrogen) atoms. The predicted octanol–water partition coefficient (Wildman–Crippen LogP) is 5.02. The van der Waals surface area contributed by atoms with E-state index in [9.17, 15) is 0 Å². The normalized spacial score (nSPS) is 25.6. The molecule has 1 aliphatic heterocycles. The van der Waals surface area contributed by atoms with Gasteiger partial charge in [0.15, 0.2) is 5.79 Å². The third-order valence-electron chi connectivity index (χ3n) is 4.45. The largest absolute Gasteiger partial charge is 0.350 e. The lowest BCUT2D eigenvalue weighted by molar-refractivity contribution is -0.277. The van der Waals surface area contributed by atoms with Gasteiger partial charge in [-0.1, -0.05) is 44.6 Å². The summed E-state index contributed by atoms with van der Waals surface area (Å²) in [7, 11) is 0. The molecule has 0 saturated carbocycles. The molecular weight excluding hydrogens is 260 g/mol. The van der Waals surface area contributed by atoms with Crippen LogP contribution in [0.1, 0.15) is 54.9 Å². The van der Waals surface area contributed by atoms with Gasteiger partial charge in [0.25, 0.3) is 0 Å². The summed E-state index contributed by atoms with van der Waals surface area (Å²) in [5.74, 6) is -0.456. The molecule has 1 fully saturated rings. The average molecular weight is 290 g/mol. The summed E-state index contributed by atoms with van der Waals surface area (Å²) in [4.78, 5) is 0. The Morgan fingerprint density at radius 2 is 1.71 bits per heavy atom. The van der Waals surface area contributed by atoms with Crippen molar-refractivity contribution < 1.29 is 9.47 Å². The molecule has 0 radical (unpaired) electrons. The molecule has 118 valence electrons. The fourth-order valence-corrected chi connectivity index (χ4v) is 3.25. The summed E-state index contributed by atoms with van der Waals surface area (Å²) >= 11 is 0. The maximum Gasteiger partial charge on any atom is 0.162 e. The van der Waals surface area contributed by atoms with Crippen LogP contribution >= 0.6 is 0 Å². The van der Waals surface area contributed by atoms with E-state index < -0.39 is 5.79 Å². The zero-order valence-electron chi connectivity index (χ0n) is 14.7. The highest BCUT2D eigenvalue weighted by atomic mass is 16.7. The third kappa shape index (κ3) is 3.49. The van der Waals surface area contributed by atoms with E-state index in [1.165, 1.54) is 16.7 Å². The summed E-state index contributed by atoms with van der Waals surface area (Å²) in [6.45, 7) is 16.6. The second-order valence-electron chi connectivity index (χ2n) is 7.99. The highest BCUT2D eigenvalue weighted by Gasteiger charge is 2.43. The fourth-order valence-electron chi connectivity index (χ4n) is 3.25. The van der Waals surface area contributed by atoms with E-state index >= 15 is 0 Å². The molecule has 2 rings (SSSR count). The van der Waals surface area contributed by atoms with Crippen LogP contribution in [-0.4, -0.2) is 19.0 Å². The van der Waals surface area contributed by atoms with E-state index in [0.29, 0.717) is 0 Å². The Morgan fingerprint density at radius 1 is 1.14 bits per heavy atom. The standard InChI is InChI=1S/C19H30O2/c1-8-9-15-14(2)10-19(11-16(15)17(3,4)5)12-20-18(6,7)21-13-19/h8-10H,11-13H2,1-7H3/b9-8+. The zero-order valence-corrected chi connectivity index (χ0v) is 14.7. The van der Waals surface area contributed by atoms with Crippen molar-refractivity contribution in [3.63, 3.8) is 0 Å². The molecule has 1 heterocycles. The van der Waals surface area contributed by atoms with Crippen LogP contribution < -0.4 is 0 Å². The number of rotatable bonds is 1. The molecule has 1 saturated heterocycles. The monoisotopic (exact) mass is 290 g/mol. The minimum Gasteiger partial charge on any atom is -0.350 e. The van der Waals surface area contributed by atoms with E-state index in [0.717, 1.165) is 19.6 Å². The average Bonchev–Trinajstić information content (AvgIpc) is 2.36. The van der Waals surface area contributed by atoms with Gasteiger partial charge in [0.2, 0.25) is 0 Å². The summed E-state index contributed by atoms with van der Waals surface area (Å²) in [5, 5.41) is 0. The van der Waals surface area contributed by atoms with Gasteiger partial charge >= 0.3 is 0 Å². The molecule has 1 spiro atoms. The highest BCUT2D eigenvalue weighted by Crippen LogP contribution is 2.47. The van der Waals surface area contributed by atoms with E-state index in [-0.39, 0.29) is 10.8 Å². The summed E-state index contributed by atoms with van der Waals surface area (Å²) in [6, 6.07) is 0. The van der Waals surface area contributed by atoms with E-state index in [1.54, 1.807) is 0 Å². The van der Waals surface area contributed by atoms with Gasteiger partial charge in [-0.05, 0) is 50.7 Å². The quantitative estimate of drug-likeness (QED) is 0.674. The molecular formula is C19H30O2. The van der Waals surface area contributed by atoms with Crippen LogP contribution in [0.3, 0.4) is 0 Å². The summed E-state index contributed by atoms with van der Waals surface area (Å²) in [5.41, 5.74) is 4.39. The van der Waals surface area contributed by atoms with Crippen LogP contribution in [0, 0.1) is 10.8 Å². The van der Waals surface area contributed by atoms with Crippen LogP contribution in [0.4, 0.5) is 0 Å². The molecule has 0 aromatic carbocycles. The van der Waals surface area contributed by atoms with E-state index in [2.05, 4.69) is 52.8 Å². The van der Waals surface area contributed by atoms with Crippen LogP contribution in [0.2, 0.25) is 0 Å². The molecule has 0 atom stereocenters. The first-order valence-electron chi connectivity index (χ1n) is 7.93. The van der Waals surface area contributed by atoms with Gasteiger partial charge in [-0.2, -0.15) is 0 Å². The molecule has 0 N–H and O–H groups in total. The van der Waals surface area contributed by atoms with Crippen molar-refractivity contribution in [3.05, 3.63) is 34.9 Å². The SMILES string of the molecule is C/C=C/C1=C(C(C)(C)C)CC2(C=C1C)COC(C)(C)OC2. The van der Waals surface area contributed by atoms with E-state index in [1.807, 2.05) is 13.8 Å². The van der Waals surface area contributed by atoms with Crippen LogP contribution in [0.15, 0.2) is 34.9 Å². The van der Waals surface area contributed by atoms with Crippen molar-refractivity contribution in [2.45, 2.75) is 60.7 Å². The van der Waals surface area contributed by atoms with Crippen molar-refractivity contribution in [1.29, 1.82) is 0 Å². The van der Waals surface area contributed by atoms with Crippen molar-refractivity contribution in [2.75, 3.05) is 13.2 Å². The summed E-state index contributed by atoms with van der Waals surface area (Å²) < 4.78 is 11.9. The molecule has 0 bridgehead atoms. The molecule has 0 amide bonds. The molecule has 2 nitrogen and oxygen atoms in total. The van der Waals surface area contributed by atoms with Gasteiger partial charge in [0.1, 0.15) is 0 Å². The van der Waals surface area contributed by atoms with Crippen molar-refractivity contribution >= 4 is 0 Å². The van der Waals surface area contributed by atoms with Gasteiger partial charge in [-0.3, -0.25) is 0 Å². The number of ether oxygens (including phenoxy) is 2. The van der Waals surface area contributed by atoms with Gasteiger partial charge in [-0.15, -0.1) is 0 Å². The van der Waals surface area contributed by atoms with Gasteiger partial charge < -0.3 is 9.47 Å². The predicted molar refractivity (Wildman–Crippen MR) is 88.1 cm³/mol. The van der Waals surface area contributed by atoms with Gasteiger partial charge in [0.05, 0.1) is 13.2 Å². The van der Waals surface area contributed by atoms with Gasteiger partial charge in [0, 0.05) is 5.41 Å². The maximum absolute atomic E-state index is 5.96. The smallest absolute Gasteiger partial charge is 0.162 e. The Balaban J connectivity index is 2.38. The Kier molecular flexibility index (Phi) is 4.25. The number of hydrogen-bond acceptors (Lipinski definition) is 2. The summed E-state index contributed by atoms with van der Waals surface area (Å²) in [6.07, 6.45) is 7.76. The number of hydrogen-bond donors (Lipinski definition) is 0. The minimum absolute atomic E-state index is 0.00665. The van der Waals surface area contributed by atoms with Crippen molar-refractivity contribution in [1.82, 2.24) is 0 Å². The first-order valence-corrected chi connectivity index (χ1v) is 7.93. The lowest BCUT2D eigenvalue weighted by Crippen LogP contribution is -2.47. The molecule has 2 aliphatic rings. The second kappa shape index (κ2) is 5.40. The third-order valence-corrected chi connectivity index (χ3v) is 4.45. The molecule has 0 aromatic rings. The second-order valence-corrected chi connectivity index (χ2v) is 7.99. The molecule has 1 aliphatic carbocycles. The molecule has 0 unspecified atom stereocenters. The minimum atomic E-state index is -0.456. The van der Waals surface area contributed by atoms with Crippen molar-refractivity contribution in [2.24, 2.45) is 10.8 Å². The van der Waals surface area contributed by atoms with Crippen LogP contribution in [0.5, 0.6) is 0 Å². The maximum atomic E-state index is 5.96. The van der Waals surface area contributed by atoms with Crippen LogP contribution in [-0.2, 0) is 9.47 Å². The Hall–Kier alpha value is -0.860. The fraction of sp³-hybridized carbons (Fsp3) is 0.684.